The van der Waals surface area contributed by atoms with Crippen molar-refractivity contribution in [3.05, 3.63) is 48.3 Å². The molecule has 7 heteroatoms. The highest BCUT2D eigenvalue weighted by Crippen LogP contribution is 2.19. The zero-order valence-corrected chi connectivity index (χ0v) is 14.4. The number of hydrogen-bond donors (Lipinski definition) is 1. The van der Waals surface area contributed by atoms with Crippen molar-refractivity contribution in [2.24, 2.45) is 0 Å². The number of aliphatic hydroxyl groups is 1. The summed E-state index contributed by atoms with van der Waals surface area (Å²) in [5.41, 5.74) is -0.0577. The van der Waals surface area contributed by atoms with Gasteiger partial charge in [-0.25, -0.2) is 9.37 Å². The number of nitrogens with zero attached hydrogens (tertiary/aromatic N) is 3. The van der Waals surface area contributed by atoms with Crippen LogP contribution < -0.4 is 4.74 Å². The third kappa shape index (κ3) is 4.78. The molecule has 0 amide bonds. The Bertz CT molecular complexity index is 694. The molecule has 0 radical (unpaired) electrons. The molecule has 6 nitrogen and oxygen atoms in total. The van der Waals surface area contributed by atoms with Gasteiger partial charge in [-0.3, -0.25) is 4.90 Å². The molecule has 2 aromatic rings. The van der Waals surface area contributed by atoms with E-state index in [-0.39, 0.29) is 19.0 Å². The lowest BCUT2D eigenvalue weighted by molar-refractivity contribution is -0.0648. The van der Waals surface area contributed by atoms with Crippen molar-refractivity contribution in [2.75, 3.05) is 32.9 Å². The molecule has 1 aliphatic rings. The maximum atomic E-state index is 13.3. The molecule has 1 aromatic carbocycles. The molecule has 0 saturated carbocycles. The molecular weight excluding hydrogens is 325 g/mol. The summed E-state index contributed by atoms with van der Waals surface area (Å²) in [4.78, 5) is 6.31. The fraction of sp³-hybridized carbons (Fsp3) is 0.500. The minimum absolute atomic E-state index is 0.0417. The third-order valence-corrected chi connectivity index (χ3v) is 4.27. The lowest BCUT2D eigenvalue weighted by Gasteiger charge is -2.30. The molecule has 2 heterocycles. The molecule has 1 aromatic heterocycles. The number of halogens is 1. The summed E-state index contributed by atoms with van der Waals surface area (Å²) in [5, 5.41) is 10.9. The van der Waals surface area contributed by atoms with Crippen LogP contribution in [0.2, 0.25) is 0 Å². The lowest BCUT2D eigenvalue weighted by Crippen LogP contribution is -2.48. The predicted molar refractivity (Wildman–Crippen MR) is 90.8 cm³/mol. The van der Waals surface area contributed by atoms with Crippen LogP contribution in [0.25, 0.3) is 0 Å². The SMILES string of the molecule is CCn1cncc1CN1CCOC[C@@](O)(COc2cccc(F)c2)C1. The monoisotopic (exact) mass is 349 g/mol. The van der Waals surface area contributed by atoms with Crippen molar-refractivity contribution in [1.29, 1.82) is 0 Å². The van der Waals surface area contributed by atoms with Crippen LogP contribution >= 0.6 is 0 Å². The second-order valence-corrected chi connectivity index (χ2v) is 6.40. The quantitative estimate of drug-likeness (QED) is 0.860. The maximum absolute atomic E-state index is 13.3. The minimum Gasteiger partial charge on any atom is -0.490 e. The molecule has 1 atom stereocenters. The van der Waals surface area contributed by atoms with Crippen LogP contribution in [0.4, 0.5) is 4.39 Å². The van der Waals surface area contributed by atoms with Crippen molar-refractivity contribution >= 4 is 0 Å². The Morgan fingerprint density at radius 1 is 1.44 bits per heavy atom. The summed E-state index contributed by atoms with van der Waals surface area (Å²) in [6.45, 7) is 5.51. The van der Waals surface area contributed by atoms with Crippen LogP contribution in [0.15, 0.2) is 36.8 Å². The van der Waals surface area contributed by atoms with E-state index in [9.17, 15) is 9.50 Å². The molecule has 136 valence electrons. The van der Waals surface area contributed by atoms with Crippen LogP contribution in [0, 0.1) is 5.82 Å². The summed E-state index contributed by atoms with van der Waals surface area (Å²) in [6, 6.07) is 5.91. The normalized spacial score (nSPS) is 21.9. The first kappa shape index (κ1) is 17.8. The first-order valence-electron chi connectivity index (χ1n) is 8.48. The van der Waals surface area contributed by atoms with Gasteiger partial charge in [0.2, 0.25) is 0 Å². The van der Waals surface area contributed by atoms with Gasteiger partial charge >= 0.3 is 0 Å². The third-order valence-electron chi connectivity index (χ3n) is 4.27. The lowest BCUT2D eigenvalue weighted by atomic mass is 10.1. The van der Waals surface area contributed by atoms with E-state index in [0.717, 1.165) is 18.8 Å². The van der Waals surface area contributed by atoms with Gasteiger partial charge in [0.05, 0.1) is 25.2 Å². The van der Waals surface area contributed by atoms with Gasteiger partial charge in [0.15, 0.2) is 0 Å². The topological polar surface area (TPSA) is 59.8 Å². The molecule has 25 heavy (non-hydrogen) atoms. The van der Waals surface area contributed by atoms with E-state index in [0.29, 0.717) is 25.4 Å². The molecule has 0 bridgehead atoms. The van der Waals surface area contributed by atoms with Gasteiger partial charge in [0.25, 0.3) is 0 Å². The zero-order valence-electron chi connectivity index (χ0n) is 14.4. The van der Waals surface area contributed by atoms with Crippen LogP contribution in [-0.2, 0) is 17.8 Å². The van der Waals surface area contributed by atoms with E-state index in [4.69, 9.17) is 9.47 Å². The van der Waals surface area contributed by atoms with Crippen LogP contribution in [0.1, 0.15) is 12.6 Å². The van der Waals surface area contributed by atoms with Gasteiger partial charge in [0.1, 0.15) is 23.8 Å². The molecule has 3 rings (SSSR count). The van der Waals surface area contributed by atoms with Crippen LogP contribution in [0.5, 0.6) is 5.75 Å². The number of imidazole rings is 1. The Morgan fingerprint density at radius 3 is 3.12 bits per heavy atom. The van der Waals surface area contributed by atoms with Gasteiger partial charge in [0, 0.05) is 38.4 Å². The predicted octanol–water partition coefficient (Wildman–Crippen LogP) is 1.68. The highest BCUT2D eigenvalue weighted by Gasteiger charge is 2.33. The largest absolute Gasteiger partial charge is 0.490 e. The molecule has 1 fully saturated rings. The van der Waals surface area contributed by atoms with E-state index < -0.39 is 5.60 Å². The molecule has 1 saturated heterocycles. The Morgan fingerprint density at radius 2 is 2.32 bits per heavy atom. The number of ether oxygens (including phenoxy) is 2. The average Bonchev–Trinajstić information content (AvgIpc) is 2.95. The van der Waals surface area contributed by atoms with E-state index in [2.05, 4.69) is 21.4 Å². The summed E-state index contributed by atoms with van der Waals surface area (Å²) >= 11 is 0. The molecular formula is C18H24FN3O3. The highest BCUT2D eigenvalue weighted by atomic mass is 19.1. The number of benzene rings is 1. The van der Waals surface area contributed by atoms with Crippen molar-refractivity contribution in [2.45, 2.75) is 25.6 Å². The van der Waals surface area contributed by atoms with Gasteiger partial charge in [-0.2, -0.15) is 0 Å². The summed E-state index contributed by atoms with van der Waals surface area (Å²) in [7, 11) is 0. The number of β-amino-alcohol motifs (C(OH)–C–C–N with tert-alkyl or cyclic N) is 1. The van der Waals surface area contributed by atoms with E-state index in [1.807, 2.05) is 12.5 Å². The van der Waals surface area contributed by atoms with Crippen molar-refractivity contribution < 1.29 is 19.0 Å². The summed E-state index contributed by atoms with van der Waals surface area (Å²) in [5.74, 6) is 0.0318. The Hall–Kier alpha value is -1.96. The molecule has 0 aliphatic carbocycles. The Kier molecular flexibility index (Phi) is 5.67. The van der Waals surface area contributed by atoms with Gasteiger partial charge < -0.3 is 19.1 Å². The first-order chi connectivity index (χ1) is 12.1. The average molecular weight is 349 g/mol. The Balaban J connectivity index is 1.63. The van der Waals surface area contributed by atoms with Crippen molar-refractivity contribution in [1.82, 2.24) is 14.5 Å². The highest BCUT2D eigenvalue weighted by molar-refractivity contribution is 5.22. The smallest absolute Gasteiger partial charge is 0.134 e. The van der Waals surface area contributed by atoms with Gasteiger partial charge in [-0.1, -0.05) is 6.07 Å². The number of aromatic nitrogens is 2. The standard InChI is InChI=1S/C18H24FN3O3/c1-2-22-14-20-9-16(22)10-21-6-7-24-12-18(23,11-21)13-25-17-5-3-4-15(19)8-17/h3-5,8-9,14,23H,2,6-7,10-13H2,1H3/t18-/m1/s1. The number of hydrogen-bond acceptors (Lipinski definition) is 5. The minimum atomic E-state index is -1.15. The summed E-state index contributed by atoms with van der Waals surface area (Å²) < 4.78 is 26.5. The second-order valence-electron chi connectivity index (χ2n) is 6.40. The van der Waals surface area contributed by atoms with E-state index in [1.54, 1.807) is 12.1 Å². The van der Waals surface area contributed by atoms with E-state index >= 15 is 0 Å². The molecule has 0 unspecified atom stereocenters. The first-order valence-corrected chi connectivity index (χ1v) is 8.48. The summed E-state index contributed by atoms with van der Waals surface area (Å²) in [6.07, 6.45) is 3.65. The van der Waals surface area contributed by atoms with Crippen LogP contribution in [0.3, 0.4) is 0 Å². The zero-order chi connectivity index (χ0) is 17.7. The number of aryl methyl sites for hydroxylation is 1. The van der Waals surface area contributed by atoms with Gasteiger partial charge in [-0.15, -0.1) is 0 Å². The van der Waals surface area contributed by atoms with Gasteiger partial charge in [-0.05, 0) is 19.1 Å². The van der Waals surface area contributed by atoms with Crippen LogP contribution in [-0.4, -0.2) is 58.1 Å². The van der Waals surface area contributed by atoms with Crippen molar-refractivity contribution in [3.8, 4) is 5.75 Å². The maximum Gasteiger partial charge on any atom is 0.134 e. The fourth-order valence-electron chi connectivity index (χ4n) is 2.99. The second kappa shape index (κ2) is 7.95. The molecule has 1 N–H and O–H groups in total. The fourth-order valence-corrected chi connectivity index (χ4v) is 2.99. The molecule has 1 aliphatic heterocycles. The van der Waals surface area contributed by atoms with E-state index in [1.165, 1.54) is 12.1 Å². The van der Waals surface area contributed by atoms with Crippen molar-refractivity contribution in [3.63, 3.8) is 0 Å². The molecule has 0 spiro atoms. The Labute approximate surface area is 146 Å². The number of rotatable bonds is 6.